The molecule has 0 unspecified atom stereocenters. The van der Waals surface area contributed by atoms with Crippen LogP contribution >= 0.6 is 23.2 Å². The van der Waals surface area contributed by atoms with Crippen molar-refractivity contribution in [2.24, 2.45) is 5.92 Å². The number of halogens is 2. The predicted molar refractivity (Wildman–Crippen MR) is 69.9 cm³/mol. The Hall–Kier alpha value is -0.440. The highest BCUT2D eigenvalue weighted by molar-refractivity contribution is 6.38. The van der Waals surface area contributed by atoms with Crippen molar-refractivity contribution in [3.63, 3.8) is 0 Å². The van der Waals surface area contributed by atoms with E-state index < -0.39 is 0 Å². The summed E-state index contributed by atoms with van der Waals surface area (Å²) in [4.78, 5) is 2.30. The molecule has 0 bridgehead atoms. The van der Waals surface area contributed by atoms with Gasteiger partial charge in [-0.25, -0.2) is 0 Å². The molecule has 2 rings (SSSR count). The molecule has 2 nitrogen and oxygen atoms in total. The SMILES string of the molecule is CN(Cc1cc(Cl)c(N)c(Cl)c1)CC1CC1. The van der Waals surface area contributed by atoms with E-state index >= 15 is 0 Å². The van der Waals surface area contributed by atoms with Crippen molar-refractivity contribution in [1.29, 1.82) is 0 Å². The van der Waals surface area contributed by atoms with Crippen LogP contribution in [0.2, 0.25) is 10.0 Å². The first-order chi connectivity index (χ1) is 7.56. The van der Waals surface area contributed by atoms with Crippen LogP contribution in [0.15, 0.2) is 12.1 Å². The van der Waals surface area contributed by atoms with Crippen LogP contribution in [-0.4, -0.2) is 18.5 Å². The van der Waals surface area contributed by atoms with Gasteiger partial charge in [-0.1, -0.05) is 23.2 Å². The monoisotopic (exact) mass is 258 g/mol. The van der Waals surface area contributed by atoms with Crippen LogP contribution in [0.4, 0.5) is 5.69 Å². The smallest absolute Gasteiger partial charge is 0.0693 e. The molecule has 1 fully saturated rings. The standard InChI is InChI=1S/C12H16Cl2N2/c1-16(6-8-2-3-8)7-9-4-10(13)12(15)11(14)5-9/h4-5,8H,2-3,6-7,15H2,1H3. The zero-order chi connectivity index (χ0) is 11.7. The second-order valence-electron chi connectivity index (χ2n) is 4.61. The fourth-order valence-electron chi connectivity index (χ4n) is 1.85. The highest BCUT2D eigenvalue weighted by Crippen LogP contribution is 2.31. The second kappa shape index (κ2) is 4.82. The van der Waals surface area contributed by atoms with Crippen molar-refractivity contribution < 1.29 is 0 Å². The summed E-state index contributed by atoms with van der Waals surface area (Å²) in [6.07, 6.45) is 2.74. The van der Waals surface area contributed by atoms with Crippen molar-refractivity contribution in [2.75, 3.05) is 19.3 Å². The summed E-state index contributed by atoms with van der Waals surface area (Å²) in [6.45, 7) is 2.02. The van der Waals surface area contributed by atoms with Crippen molar-refractivity contribution in [3.8, 4) is 0 Å². The molecule has 1 saturated carbocycles. The molecule has 16 heavy (non-hydrogen) atoms. The normalized spacial score (nSPS) is 15.8. The maximum absolute atomic E-state index is 5.99. The Morgan fingerprint density at radius 3 is 2.38 bits per heavy atom. The number of nitrogens with two attached hydrogens (primary N) is 1. The first-order valence-electron chi connectivity index (χ1n) is 5.48. The molecule has 0 atom stereocenters. The summed E-state index contributed by atoms with van der Waals surface area (Å²) >= 11 is 12.0. The summed E-state index contributed by atoms with van der Waals surface area (Å²) in [7, 11) is 2.12. The van der Waals surface area contributed by atoms with Gasteiger partial charge in [0.25, 0.3) is 0 Å². The summed E-state index contributed by atoms with van der Waals surface area (Å²) in [5, 5.41) is 1.09. The molecule has 0 radical (unpaired) electrons. The lowest BCUT2D eigenvalue weighted by Crippen LogP contribution is -2.20. The molecule has 0 aliphatic heterocycles. The molecule has 4 heteroatoms. The molecule has 0 saturated heterocycles. The zero-order valence-corrected chi connectivity index (χ0v) is 10.9. The third-order valence-electron chi connectivity index (χ3n) is 2.86. The molecular formula is C12H16Cl2N2. The molecule has 0 amide bonds. The van der Waals surface area contributed by atoms with Crippen molar-refractivity contribution in [3.05, 3.63) is 27.7 Å². The molecule has 0 aromatic heterocycles. The molecule has 0 heterocycles. The Balaban J connectivity index is 2.02. The van der Waals surface area contributed by atoms with Gasteiger partial charge in [-0.05, 0) is 43.5 Å². The largest absolute Gasteiger partial charge is 0.396 e. The van der Waals surface area contributed by atoms with E-state index in [9.17, 15) is 0 Å². The molecule has 0 spiro atoms. The number of anilines is 1. The maximum atomic E-state index is 5.99. The number of hydrogen-bond acceptors (Lipinski definition) is 2. The van der Waals surface area contributed by atoms with E-state index in [-0.39, 0.29) is 0 Å². The van der Waals surface area contributed by atoms with E-state index in [0.717, 1.165) is 24.6 Å². The van der Waals surface area contributed by atoms with Crippen LogP contribution in [0.5, 0.6) is 0 Å². The Bertz CT molecular complexity index is 366. The number of nitrogen functional groups attached to an aromatic ring is 1. The summed E-state index contributed by atoms with van der Waals surface area (Å²) in [5.41, 5.74) is 7.28. The second-order valence-corrected chi connectivity index (χ2v) is 5.43. The van der Waals surface area contributed by atoms with Crippen LogP contribution in [-0.2, 0) is 6.54 Å². The van der Waals surface area contributed by atoms with E-state index in [1.165, 1.54) is 12.8 Å². The average Bonchev–Trinajstić information content (AvgIpc) is 2.97. The average molecular weight is 259 g/mol. The van der Waals surface area contributed by atoms with Gasteiger partial charge in [0, 0.05) is 13.1 Å². The van der Waals surface area contributed by atoms with Gasteiger partial charge in [0.2, 0.25) is 0 Å². The van der Waals surface area contributed by atoms with Crippen molar-refractivity contribution in [2.45, 2.75) is 19.4 Å². The fourth-order valence-corrected chi connectivity index (χ4v) is 2.38. The van der Waals surface area contributed by atoms with E-state index in [4.69, 9.17) is 28.9 Å². The van der Waals surface area contributed by atoms with Crippen LogP contribution in [0.3, 0.4) is 0 Å². The van der Waals surface area contributed by atoms with Crippen LogP contribution < -0.4 is 5.73 Å². The van der Waals surface area contributed by atoms with Gasteiger partial charge in [-0.3, -0.25) is 0 Å². The quantitative estimate of drug-likeness (QED) is 0.839. The molecule has 88 valence electrons. The number of benzene rings is 1. The first-order valence-corrected chi connectivity index (χ1v) is 6.24. The van der Waals surface area contributed by atoms with Gasteiger partial charge in [-0.15, -0.1) is 0 Å². The van der Waals surface area contributed by atoms with Gasteiger partial charge < -0.3 is 10.6 Å². The molecule has 1 aliphatic carbocycles. The molecule has 2 N–H and O–H groups in total. The highest BCUT2D eigenvalue weighted by Gasteiger charge is 2.22. The van der Waals surface area contributed by atoms with Crippen LogP contribution in [0.1, 0.15) is 18.4 Å². The highest BCUT2D eigenvalue weighted by atomic mass is 35.5. The predicted octanol–water partition coefficient (Wildman–Crippen LogP) is 3.42. The molecule has 1 aromatic carbocycles. The van der Waals surface area contributed by atoms with Gasteiger partial charge in [0.1, 0.15) is 0 Å². The molecule has 1 aliphatic rings. The minimum Gasteiger partial charge on any atom is -0.396 e. The fraction of sp³-hybridized carbons (Fsp3) is 0.500. The Morgan fingerprint density at radius 1 is 1.31 bits per heavy atom. The van der Waals surface area contributed by atoms with Gasteiger partial charge in [-0.2, -0.15) is 0 Å². The van der Waals surface area contributed by atoms with E-state index in [0.29, 0.717) is 15.7 Å². The van der Waals surface area contributed by atoms with Gasteiger partial charge in [0.05, 0.1) is 15.7 Å². The minimum atomic E-state index is 0.469. The lowest BCUT2D eigenvalue weighted by Gasteiger charge is -2.17. The zero-order valence-electron chi connectivity index (χ0n) is 9.34. The Kier molecular flexibility index (Phi) is 3.63. The summed E-state index contributed by atoms with van der Waals surface area (Å²) in [5.74, 6) is 0.893. The maximum Gasteiger partial charge on any atom is 0.0693 e. The number of hydrogen-bond donors (Lipinski definition) is 1. The Labute approximate surface area is 106 Å². The molecule has 1 aromatic rings. The molecular weight excluding hydrogens is 243 g/mol. The van der Waals surface area contributed by atoms with Gasteiger partial charge in [0.15, 0.2) is 0 Å². The van der Waals surface area contributed by atoms with Crippen LogP contribution in [0, 0.1) is 5.92 Å². The lowest BCUT2D eigenvalue weighted by atomic mass is 10.2. The minimum absolute atomic E-state index is 0.469. The topological polar surface area (TPSA) is 29.3 Å². The van der Waals surface area contributed by atoms with Crippen molar-refractivity contribution >= 4 is 28.9 Å². The Morgan fingerprint density at radius 2 is 1.88 bits per heavy atom. The van der Waals surface area contributed by atoms with E-state index in [1.54, 1.807) is 0 Å². The summed E-state index contributed by atoms with van der Waals surface area (Å²) < 4.78 is 0. The number of rotatable bonds is 4. The van der Waals surface area contributed by atoms with E-state index in [2.05, 4.69) is 11.9 Å². The van der Waals surface area contributed by atoms with Gasteiger partial charge >= 0.3 is 0 Å². The van der Waals surface area contributed by atoms with Crippen LogP contribution in [0.25, 0.3) is 0 Å². The first kappa shape index (κ1) is 12.0. The lowest BCUT2D eigenvalue weighted by molar-refractivity contribution is 0.313. The summed E-state index contributed by atoms with van der Waals surface area (Å²) in [6, 6.07) is 3.79. The van der Waals surface area contributed by atoms with E-state index in [1.807, 2.05) is 12.1 Å². The third-order valence-corrected chi connectivity index (χ3v) is 3.48. The third kappa shape index (κ3) is 3.03. The number of nitrogens with zero attached hydrogens (tertiary/aromatic N) is 1. The van der Waals surface area contributed by atoms with Crippen molar-refractivity contribution in [1.82, 2.24) is 4.90 Å².